The van der Waals surface area contributed by atoms with E-state index in [1.165, 1.54) is 0 Å². The van der Waals surface area contributed by atoms with Crippen LogP contribution in [0, 0.1) is 5.92 Å². The average Bonchev–Trinajstić information content (AvgIpc) is 2.59. The number of ketones is 1. The average molecular weight is 329 g/mol. The molecule has 0 N–H and O–H groups in total. The Labute approximate surface area is 142 Å². The molecular weight excluding hydrogens is 306 g/mol. The zero-order valence-electron chi connectivity index (χ0n) is 13.7. The molecule has 2 heterocycles. The number of hydrogen-bond acceptors (Lipinski definition) is 4. The molecular formula is C19H23NO4. The number of benzene rings is 1. The van der Waals surface area contributed by atoms with Crippen molar-refractivity contribution in [3.8, 4) is 0 Å². The lowest BCUT2D eigenvalue weighted by Gasteiger charge is -2.47. The molecule has 2 atom stereocenters. The van der Waals surface area contributed by atoms with E-state index in [1.807, 2.05) is 30.3 Å². The van der Waals surface area contributed by atoms with Gasteiger partial charge >= 0.3 is 6.09 Å². The molecule has 1 aromatic rings. The second-order valence-corrected chi connectivity index (χ2v) is 6.42. The van der Waals surface area contributed by atoms with Crippen LogP contribution in [-0.4, -0.2) is 42.1 Å². The number of rotatable bonds is 5. The summed E-state index contributed by atoms with van der Waals surface area (Å²) in [5.74, 6) is 0.194. The van der Waals surface area contributed by atoms with Gasteiger partial charge in [-0.25, -0.2) is 4.79 Å². The van der Waals surface area contributed by atoms with Gasteiger partial charge in [0.2, 0.25) is 0 Å². The highest BCUT2D eigenvalue weighted by atomic mass is 16.6. The highest BCUT2D eigenvalue weighted by molar-refractivity contribution is 5.83. The Kier molecular flexibility index (Phi) is 5.30. The van der Waals surface area contributed by atoms with E-state index in [1.54, 1.807) is 11.0 Å². The molecule has 0 radical (unpaired) electrons. The summed E-state index contributed by atoms with van der Waals surface area (Å²) < 4.78 is 11.1. The van der Waals surface area contributed by atoms with Crippen LogP contribution in [0.4, 0.5) is 4.79 Å². The molecule has 2 aliphatic rings. The summed E-state index contributed by atoms with van der Waals surface area (Å²) in [7, 11) is 0. The molecule has 128 valence electrons. The smallest absolute Gasteiger partial charge is 0.410 e. The van der Waals surface area contributed by atoms with E-state index < -0.39 is 0 Å². The predicted molar refractivity (Wildman–Crippen MR) is 89.4 cm³/mol. The predicted octanol–water partition coefficient (Wildman–Crippen LogP) is 2.95. The van der Waals surface area contributed by atoms with Gasteiger partial charge in [-0.15, -0.1) is 6.58 Å². The Balaban J connectivity index is 1.62. The molecule has 1 aromatic carbocycles. The fourth-order valence-electron chi connectivity index (χ4n) is 3.58. The van der Waals surface area contributed by atoms with E-state index in [-0.39, 0.29) is 36.5 Å². The maximum atomic E-state index is 12.5. The lowest BCUT2D eigenvalue weighted by atomic mass is 9.82. The zero-order valence-corrected chi connectivity index (χ0v) is 13.7. The summed E-state index contributed by atoms with van der Waals surface area (Å²) in [6, 6.07) is 9.46. The Morgan fingerprint density at radius 1 is 1.21 bits per heavy atom. The number of ether oxygens (including phenoxy) is 2. The highest BCUT2D eigenvalue weighted by Crippen LogP contribution is 2.33. The van der Waals surface area contributed by atoms with Crippen molar-refractivity contribution in [3.63, 3.8) is 0 Å². The molecule has 5 nitrogen and oxygen atoms in total. The topological polar surface area (TPSA) is 55.8 Å². The van der Waals surface area contributed by atoms with Crippen LogP contribution < -0.4 is 0 Å². The quantitative estimate of drug-likeness (QED) is 0.779. The summed E-state index contributed by atoms with van der Waals surface area (Å²) in [6.45, 7) is 4.83. The number of allylic oxidation sites excluding steroid dienone is 1. The van der Waals surface area contributed by atoms with Gasteiger partial charge in [-0.3, -0.25) is 9.69 Å². The van der Waals surface area contributed by atoms with Crippen LogP contribution in [0.2, 0.25) is 0 Å². The first-order chi connectivity index (χ1) is 11.7. The summed E-state index contributed by atoms with van der Waals surface area (Å²) in [6.07, 6.45) is 3.01. The first-order valence-corrected chi connectivity index (χ1v) is 8.39. The van der Waals surface area contributed by atoms with Crippen LogP contribution in [0.15, 0.2) is 43.0 Å². The lowest BCUT2D eigenvalue weighted by Crippen LogP contribution is -2.59. The van der Waals surface area contributed by atoms with Gasteiger partial charge in [-0.1, -0.05) is 36.4 Å². The number of fused-ring (bicyclic) bond motifs is 2. The number of carbonyl (C=O) groups is 2. The van der Waals surface area contributed by atoms with Crippen LogP contribution in [0.5, 0.6) is 0 Å². The van der Waals surface area contributed by atoms with Crippen LogP contribution in [0.3, 0.4) is 0 Å². The van der Waals surface area contributed by atoms with Crippen LogP contribution in [0.1, 0.15) is 24.8 Å². The third-order valence-corrected chi connectivity index (χ3v) is 4.74. The van der Waals surface area contributed by atoms with E-state index in [4.69, 9.17) is 9.47 Å². The van der Waals surface area contributed by atoms with Crippen LogP contribution >= 0.6 is 0 Å². The fraction of sp³-hybridized carbons (Fsp3) is 0.474. The van der Waals surface area contributed by atoms with Gasteiger partial charge in [0.15, 0.2) is 0 Å². The van der Waals surface area contributed by atoms with E-state index >= 15 is 0 Å². The minimum atomic E-state index is -0.313. The zero-order chi connectivity index (χ0) is 16.9. The second kappa shape index (κ2) is 7.62. The number of nitrogens with zero attached hydrogens (tertiary/aromatic N) is 1. The molecule has 0 aromatic heterocycles. The molecule has 0 spiro atoms. The lowest BCUT2D eigenvalue weighted by molar-refractivity contribution is -0.130. The summed E-state index contributed by atoms with van der Waals surface area (Å²) >= 11 is 0. The van der Waals surface area contributed by atoms with Crippen molar-refractivity contribution < 1.29 is 19.1 Å². The molecule has 1 amide bonds. The number of carbonyl (C=O) groups excluding carboxylic acids is 2. The molecule has 0 saturated carbocycles. The van der Waals surface area contributed by atoms with Crippen molar-refractivity contribution in [2.75, 3.05) is 13.2 Å². The summed E-state index contributed by atoms with van der Waals surface area (Å²) in [4.78, 5) is 26.5. The van der Waals surface area contributed by atoms with Gasteiger partial charge in [-0.2, -0.15) is 0 Å². The van der Waals surface area contributed by atoms with Gasteiger partial charge in [0.1, 0.15) is 12.4 Å². The number of hydrogen-bond donors (Lipinski definition) is 0. The van der Waals surface area contributed by atoms with Crippen LogP contribution in [-0.2, 0) is 20.9 Å². The van der Waals surface area contributed by atoms with Crippen molar-refractivity contribution >= 4 is 11.9 Å². The van der Waals surface area contributed by atoms with Gasteiger partial charge in [0, 0.05) is 12.3 Å². The number of Topliss-reactive ketones (excluding diaryl/α,β-unsaturated/α-hetero) is 1. The molecule has 24 heavy (non-hydrogen) atoms. The number of amides is 1. The summed E-state index contributed by atoms with van der Waals surface area (Å²) in [5.41, 5.74) is 0.961. The van der Waals surface area contributed by atoms with Crippen molar-refractivity contribution in [2.24, 2.45) is 5.92 Å². The molecule has 3 rings (SSSR count). The fourth-order valence-corrected chi connectivity index (χ4v) is 3.58. The minimum absolute atomic E-state index is 0.0138. The Morgan fingerprint density at radius 2 is 1.88 bits per heavy atom. The molecule has 2 unspecified atom stereocenters. The molecule has 2 saturated heterocycles. The van der Waals surface area contributed by atoms with E-state index in [0.717, 1.165) is 5.56 Å². The highest BCUT2D eigenvalue weighted by Gasteiger charge is 2.44. The van der Waals surface area contributed by atoms with Gasteiger partial charge in [0.25, 0.3) is 0 Å². The van der Waals surface area contributed by atoms with Crippen molar-refractivity contribution in [2.45, 2.75) is 38.0 Å². The van der Waals surface area contributed by atoms with Gasteiger partial charge < -0.3 is 9.47 Å². The maximum Gasteiger partial charge on any atom is 0.410 e. The van der Waals surface area contributed by atoms with Crippen molar-refractivity contribution in [1.82, 2.24) is 4.90 Å². The number of morpholine rings is 1. The number of piperidine rings is 1. The monoisotopic (exact) mass is 329 g/mol. The van der Waals surface area contributed by atoms with E-state index in [2.05, 4.69) is 6.58 Å². The minimum Gasteiger partial charge on any atom is -0.445 e. The summed E-state index contributed by atoms with van der Waals surface area (Å²) in [5, 5.41) is 0. The largest absolute Gasteiger partial charge is 0.445 e. The normalized spacial score (nSPS) is 25.8. The second-order valence-electron chi connectivity index (χ2n) is 6.42. The molecule has 2 bridgehead atoms. The molecule has 2 aliphatic heterocycles. The first kappa shape index (κ1) is 16.7. The Bertz CT molecular complexity index is 587. The van der Waals surface area contributed by atoms with Crippen LogP contribution in [0.25, 0.3) is 0 Å². The standard InChI is InChI=1S/C19H23NO4/c1-2-6-18(21)15-9-16-12-23-13-17(10-15)20(16)19(22)24-11-14-7-4-3-5-8-14/h2-5,7-8,15-17H,1,6,9-13H2. The Morgan fingerprint density at radius 3 is 2.50 bits per heavy atom. The third-order valence-electron chi connectivity index (χ3n) is 4.74. The maximum absolute atomic E-state index is 12.5. The Hall–Kier alpha value is -2.14. The van der Waals surface area contributed by atoms with Gasteiger partial charge in [0.05, 0.1) is 25.3 Å². The van der Waals surface area contributed by atoms with E-state index in [9.17, 15) is 9.59 Å². The molecule has 5 heteroatoms. The SMILES string of the molecule is C=CCC(=O)C1CC2COCC(C1)N2C(=O)OCc1ccccc1. The molecule has 0 aliphatic carbocycles. The third kappa shape index (κ3) is 3.67. The van der Waals surface area contributed by atoms with Crippen molar-refractivity contribution in [3.05, 3.63) is 48.6 Å². The molecule has 2 fully saturated rings. The van der Waals surface area contributed by atoms with E-state index in [0.29, 0.717) is 32.5 Å². The van der Waals surface area contributed by atoms with Crippen molar-refractivity contribution in [1.29, 1.82) is 0 Å². The van der Waals surface area contributed by atoms with Gasteiger partial charge in [-0.05, 0) is 18.4 Å². The first-order valence-electron chi connectivity index (χ1n) is 8.39.